The van der Waals surface area contributed by atoms with E-state index in [4.69, 9.17) is 4.74 Å². The van der Waals surface area contributed by atoms with Gasteiger partial charge in [0.25, 0.3) is 0 Å². The Morgan fingerprint density at radius 1 is 1.07 bits per heavy atom. The summed E-state index contributed by atoms with van der Waals surface area (Å²) < 4.78 is 6.92. The van der Waals surface area contributed by atoms with E-state index >= 15 is 0 Å². The van der Waals surface area contributed by atoms with E-state index in [0.29, 0.717) is 10.8 Å². The van der Waals surface area contributed by atoms with Crippen LogP contribution in [-0.4, -0.2) is 42.1 Å². The van der Waals surface area contributed by atoms with Crippen molar-refractivity contribution in [3.8, 4) is 39.1 Å². The SMILES string of the molecule is COc1ccc(-c2cc(-c3nnc4sc(-c5cccnc5)nn34)[nH]n2)cc1. The second kappa shape index (κ2) is 6.29. The van der Waals surface area contributed by atoms with Crippen LogP contribution in [0.2, 0.25) is 0 Å². The quantitative estimate of drug-likeness (QED) is 0.518. The van der Waals surface area contributed by atoms with Gasteiger partial charge in [0.15, 0.2) is 0 Å². The van der Waals surface area contributed by atoms with Crippen molar-refractivity contribution in [3.05, 3.63) is 54.9 Å². The van der Waals surface area contributed by atoms with Crippen LogP contribution in [-0.2, 0) is 0 Å². The maximum atomic E-state index is 5.19. The number of fused-ring (bicyclic) bond motifs is 1. The third kappa shape index (κ3) is 2.74. The first kappa shape index (κ1) is 15.6. The molecule has 0 aliphatic heterocycles. The number of nitrogens with one attached hydrogen (secondary N) is 1. The number of hydrogen-bond donors (Lipinski definition) is 1. The molecule has 4 aromatic heterocycles. The summed E-state index contributed by atoms with van der Waals surface area (Å²) in [4.78, 5) is 4.85. The predicted octanol–water partition coefficient (Wildman–Crippen LogP) is 3.31. The van der Waals surface area contributed by atoms with Crippen LogP contribution >= 0.6 is 11.3 Å². The maximum Gasteiger partial charge on any atom is 0.235 e. The molecule has 0 bridgehead atoms. The monoisotopic (exact) mass is 375 g/mol. The molecule has 4 heterocycles. The van der Waals surface area contributed by atoms with Gasteiger partial charge in [0.2, 0.25) is 10.8 Å². The van der Waals surface area contributed by atoms with Crippen molar-refractivity contribution < 1.29 is 4.74 Å². The van der Waals surface area contributed by atoms with Crippen molar-refractivity contribution in [1.29, 1.82) is 0 Å². The van der Waals surface area contributed by atoms with Crippen molar-refractivity contribution in [2.45, 2.75) is 0 Å². The first-order chi connectivity index (χ1) is 13.3. The van der Waals surface area contributed by atoms with E-state index < -0.39 is 0 Å². The van der Waals surface area contributed by atoms with Crippen molar-refractivity contribution in [2.75, 3.05) is 7.11 Å². The van der Waals surface area contributed by atoms with Crippen LogP contribution in [0.1, 0.15) is 0 Å². The highest BCUT2D eigenvalue weighted by atomic mass is 32.1. The fourth-order valence-electron chi connectivity index (χ4n) is 2.74. The van der Waals surface area contributed by atoms with Crippen molar-refractivity contribution in [3.63, 3.8) is 0 Å². The first-order valence-corrected chi connectivity index (χ1v) is 8.96. The van der Waals surface area contributed by atoms with Crippen molar-refractivity contribution in [1.82, 2.24) is 35.0 Å². The smallest absolute Gasteiger partial charge is 0.235 e. The van der Waals surface area contributed by atoms with Crippen LogP contribution < -0.4 is 4.74 Å². The lowest BCUT2D eigenvalue weighted by Crippen LogP contribution is -1.91. The van der Waals surface area contributed by atoms with Gasteiger partial charge in [-0.2, -0.15) is 14.7 Å². The molecule has 0 saturated carbocycles. The molecular formula is C18H13N7OS. The lowest BCUT2D eigenvalue weighted by molar-refractivity contribution is 0.415. The van der Waals surface area contributed by atoms with Gasteiger partial charge in [0.05, 0.1) is 12.8 Å². The zero-order chi connectivity index (χ0) is 18.2. The molecule has 0 radical (unpaired) electrons. The average Bonchev–Trinajstić information content (AvgIpc) is 3.44. The molecule has 9 heteroatoms. The number of benzene rings is 1. The molecular weight excluding hydrogens is 362 g/mol. The number of ether oxygens (including phenoxy) is 1. The first-order valence-electron chi connectivity index (χ1n) is 8.15. The third-order valence-electron chi connectivity index (χ3n) is 4.10. The zero-order valence-electron chi connectivity index (χ0n) is 14.2. The number of pyridine rings is 1. The molecule has 0 unspecified atom stereocenters. The van der Waals surface area contributed by atoms with Gasteiger partial charge < -0.3 is 4.74 Å². The minimum atomic E-state index is 0.614. The lowest BCUT2D eigenvalue weighted by Gasteiger charge is -1.99. The molecule has 132 valence electrons. The Balaban J connectivity index is 1.52. The summed E-state index contributed by atoms with van der Waals surface area (Å²) >= 11 is 1.46. The molecule has 0 fully saturated rings. The zero-order valence-corrected chi connectivity index (χ0v) is 15.0. The summed E-state index contributed by atoms with van der Waals surface area (Å²) in [7, 11) is 1.64. The molecule has 8 nitrogen and oxygen atoms in total. The van der Waals surface area contributed by atoms with Crippen LogP contribution in [0.25, 0.3) is 38.3 Å². The number of nitrogens with zero attached hydrogens (tertiary/aromatic N) is 6. The highest BCUT2D eigenvalue weighted by Crippen LogP contribution is 2.28. The number of aromatic amines is 1. The van der Waals surface area contributed by atoms with Gasteiger partial charge in [-0.25, -0.2) is 0 Å². The largest absolute Gasteiger partial charge is 0.497 e. The third-order valence-corrected chi connectivity index (χ3v) is 5.05. The van der Waals surface area contributed by atoms with Gasteiger partial charge in [-0.15, -0.1) is 10.2 Å². The van der Waals surface area contributed by atoms with Crippen LogP contribution in [0.3, 0.4) is 0 Å². The molecule has 0 amide bonds. The summed E-state index contributed by atoms with van der Waals surface area (Å²) in [6.07, 6.45) is 3.52. The summed E-state index contributed by atoms with van der Waals surface area (Å²) in [6.45, 7) is 0. The second-order valence-corrected chi connectivity index (χ2v) is 6.72. The number of rotatable bonds is 4. The molecule has 0 aliphatic rings. The average molecular weight is 375 g/mol. The van der Waals surface area contributed by atoms with Gasteiger partial charge >= 0.3 is 0 Å². The molecule has 5 aromatic rings. The van der Waals surface area contributed by atoms with Crippen LogP contribution in [0, 0.1) is 0 Å². The van der Waals surface area contributed by atoms with Gasteiger partial charge in [-0.05, 0) is 42.5 Å². The number of hydrogen-bond acceptors (Lipinski definition) is 7. The lowest BCUT2D eigenvalue weighted by atomic mass is 10.1. The van der Waals surface area contributed by atoms with E-state index in [1.165, 1.54) is 11.3 Å². The molecule has 0 atom stereocenters. The summed E-state index contributed by atoms with van der Waals surface area (Å²) in [6, 6.07) is 13.5. The fourth-order valence-corrected chi connectivity index (χ4v) is 3.57. The van der Waals surface area contributed by atoms with Gasteiger partial charge in [0.1, 0.15) is 16.5 Å². The van der Waals surface area contributed by atoms with Crippen molar-refractivity contribution in [2.24, 2.45) is 0 Å². The normalized spacial score (nSPS) is 11.1. The summed E-state index contributed by atoms with van der Waals surface area (Å²) in [5.74, 6) is 1.42. The molecule has 27 heavy (non-hydrogen) atoms. The topological polar surface area (TPSA) is 93.9 Å². The molecule has 1 N–H and O–H groups in total. The standard InChI is InChI=1S/C18H13N7OS/c1-26-13-6-4-11(5-7-13)14-9-15(21-20-14)16-22-23-18-25(16)24-17(27-18)12-3-2-8-19-10-12/h2-10H,1H3,(H,20,21). The second-order valence-electron chi connectivity index (χ2n) is 5.76. The summed E-state index contributed by atoms with van der Waals surface area (Å²) in [5.41, 5.74) is 3.49. The van der Waals surface area contributed by atoms with E-state index in [2.05, 4.69) is 30.5 Å². The number of aromatic nitrogens is 7. The number of methoxy groups -OCH3 is 1. The van der Waals surface area contributed by atoms with E-state index in [9.17, 15) is 0 Å². The maximum absolute atomic E-state index is 5.19. The van der Waals surface area contributed by atoms with Crippen LogP contribution in [0.5, 0.6) is 5.75 Å². The molecule has 1 aromatic carbocycles. The molecule has 0 saturated heterocycles. The Morgan fingerprint density at radius 3 is 2.74 bits per heavy atom. The van der Waals surface area contributed by atoms with Crippen LogP contribution in [0.15, 0.2) is 54.9 Å². The highest BCUT2D eigenvalue weighted by molar-refractivity contribution is 7.19. The summed E-state index contributed by atoms with van der Waals surface area (Å²) in [5, 5.41) is 21.4. The number of H-pyrrole nitrogens is 1. The minimum Gasteiger partial charge on any atom is -0.497 e. The van der Waals surface area contributed by atoms with Gasteiger partial charge in [-0.3, -0.25) is 10.1 Å². The Morgan fingerprint density at radius 2 is 1.96 bits per heavy atom. The highest BCUT2D eigenvalue weighted by Gasteiger charge is 2.16. The molecule has 0 aliphatic carbocycles. The van der Waals surface area contributed by atoms with Crippen LogP contribution in [0.4, 0.5) is 0 Å². The van der Waals surface area contributed by atoms with E-state index in [-0.39, 0.29) is 0 Å². The van der Waals surface area contributed by atoms with E-state index in [1.54, 1.807) is 24.0 Å². The minimum absolute atomic E-state index is 0.614. The Kier molecular flexibility index (Phi) is 3.65. The van der Waals surface area contributed by atoms with E-state index in [0.717, 1.165) is 33.3 Å². The fraction of sp³-hybridized carbons (Fsp3) is 0.0556. The van der Waals surface area contributed by atoms with Gasteiger partial charge in [0, 0.05) is 23.5 Å². The van der Waals surface area contributed by atoms with Crippen molar-refractivity contribution >= 4 is 16.3 Å². The predicted molar refractivity (Wildman–Crippen MR) is 101 cm³/mol. The molecule has 5 rings (SSSR count). The molecule has 0 spiro atoms. The Hall–Kier alpha value is -3.59. The Bertz CT molecular complexity index is 1210. The van der Waals surface area contributed by atoms with Gasteiger partial charge in [-0.1, -0.05) is 11.3 Å². The van der Waals surface area contributed by atoms with E-state index in [1.807, 2.05) is 42.5 Å². The Labute approximate surface area is 157 Å².